The molecular weight excluding hydrogens is 184 g/mol. The maximum Gasteiger partial charge on any atom is 0.279 e. The summed E-state index contributed by atoms with van der Waals surface area (Å²) < 4.78 is 0. The molecule has 0 bridgehead atoms. The molecule has 1 aromatic rings. The van der Waals surface area contributed by atoms with Gasteiger partial charge in [0.25, 0.3) is 5.91 Å². The average Bonchev–Trinajstić information content (AvgIpc) is 2.27. The Labute approximate surface area is 81.1 Å². The number of carbonyl (C=O) groups is 1. The van der Waals surface area contributed by atoms with E-state index in [1.165, 1.54) is 0 Å². The van der Waals surface area contributed by atoms with Gasteiger partial charge in [-0.1, -0.05) is 0 Å². The van der Waals surface area contributed by atoms with Crippen molar-refractivity contribution in [2.45, 2.75) is 11.8 Å². The molecule has 1 heterocycles. The minimum Gasteiger partial charge on any atom is -0.383 e. The second kappa shape index (κ2) is 2.60. The second-order valence-electron chi connectivity index (χ2n) is 3.01. The Hall–Kier alpha value is -1.29. The highest BCUT2D eigenvalue weighted by molar-refractivity contribution is 7.80. The number of hydrogen-bond acceptors (Lipinski definition) is 3. The smallest absolute Gasteiger partial charge is 0.279 e. The normalized spacial score (nSPS) is 14.3. The van der Waals surface area contributed by atoms with Crippen molar-refractivity contribution >= 4 is 24.4 Å². The van der Waals surface area contributed by atoms with Gasteiger partial charge in [0, 0.05) is 10.5 Å². The van der Waals surface area contributed by atoms with Crippen LogP contribution in [-0.2, 0) is 0 Å². The summed E-state index contributed by atoms with van der Waals surface area (Å²) in [6.45, 7) is 1.90. The number of thiol groups is 1. The van der Waals surface area contributed by atoms with E-state index in [0.717, 1.165) is 5.56 Å². The van der Waals surface area contributed by atoms with Gasteiger partial charge >= 0.3 is 0 Å². The Morgan fingerprint density at radius 1 is 1.46 bits per heavy atom. The van der Waals surface area contributed by atoms with Crippen LogP contribution in [0.3, 0.4) is 0 Å². The van der Waals surface area contributed by atoms with Gasteiger partial charge in [-0.05, 0) is 24.6 Å². The highest BCUT2D eigenvalue weighted by atomic mass is 32.1. The summed E-state index contributed by atoms with van der Waals surface area (Å²) in [7, 11) is 0. The van der Waals surface area contributed by atoms with Gasteiger partial charge in [0.05, 0.1) is 5.56 Å². The summed E-state index contributed by atoms with van der Waals surface area (Å²) in [4.78, 5) is 15.7. The number of nitrogens with two attached hydrogens (primary N) is 1. The molecule has 4 heteroatoms. The number of hydrogen-bond donors (Lipinski definition) is 2. The molecule has 1 aliphatic heterocycles. The first-order valence-electron chi connectivity index (χ1n) is 3.82. The van der Waals surface area contributed by atoms with Crippen LogP contribution in [0.15, 0.2) is 22.0 Å². The van der Waals surface area contributed by atoms with Crippen molar-refractivity contribution in [2.24, 2.45) is 10.7 Å². The van der Waals surface area contributed by atoms with Crippen LogP contribution in [0.25, 0.3) is 0 Å². The van der Waals surface area contributed by atoms with Crippen molar-refractivity contribution < 1.29 is 4.79 Å². The Morgan fingerprint density at radius 3 is 2.85 bits per heavy atom. The number of aryl methyl sites for hydroxylation is 1. The van der Waals surface area contributed by atoms with Crippen molar-refractivity contribution in [1.82, 2.24) is 0 Å². The molecule has 13 heavy (non-hydrogen) atoms. The fourth-order valence-corrected chi connectivity index (χ4v) is 1.87. The van der Waals surface area contributed by atoms with E-state index in [4.69, 9.17) is 5.73 Å². The Morgan fingerprint density at radius 2 is 2.15 bits per heavy atom. The monoisotopic (exact) mass is 192 g/mol. The molecule has 3 nitrogen and oxygen atoms in total. The second-order valence-corrected chi connectivity index (χ2v) is 3.49. The molecule has 0 spiro atoms. The predicted octanol–water partition coefficient (Wildman–Crippen LogP) is 1.14. The van der Waals surface area contributed by atoms with Gasteiger partial charge < -0.3 is 5.73 Å². The number of rotatable bonds is 0. The summed E-state index contributed by atoms with van der Waals surface area (Å²) in [5.41, 5.74) is 7.78. The SMILES string of the molecule is Cc1cc(S)c2c(c1)C(=O)N=C2N. The minimum absolute atomic E-state index is 0.269. The fraction of sp³-hybridized carbons (Fsp3) is 0.111. The lowest BCUT2D eigenvalue weighted by atomic mass is 10.1. The van der Waals surface area contributed by atoms with Crippen LogP contribution in [0, 0.1) is 6.92 Å². The number of carbonyl (C=O) groups excluding carboxylic acids is 1. The molecule has 0 saturated heterocycles. The van der Waals surface area contributed by atoms with Crippen molar-refractivity contribution in [3.63, 3.8) is 0 Å². The van der Waals surface area contributed by atoms with Gasteiger partial charge in [-0.3, -0.25) is 4.79 Å². The van der Waals surface area contributed by atoms with E-state index in [0.29, 0.717) is 16.0 Å². The number of fused-ring (bicyclic) bond motifs is 1. The summed E-state index contributed by atoms with van der Waals surface area (Å²) in [6, 6.07) is 3.64. The molecule has 0 atom stereocenters. The lowest BCUT2D eigenvalue weighted by Crippen LogP contribution is -2.11. The summed E-state index contributed by atoms with van der Waals surface area (Å²) >= 11 is 4.24. The lowest BCUT2D eigenvalue weighted by molar-refractivity contribution is 0.101. The quantitative estimate of drug-likeness (QED) is 0.606. The maximum atomic E-state index is 11.3. The molecule has 1 aliphatic rings. The fourth-order valence-electron chi connectivity index (χ4n) is 1.43. The van der Waals surface area contributed by atoms with Crippen LogP contribution >= 0.6 is 12.6 Å². The van der Waals surface area contributed by atoms with E-state index in [9.17, 15) is 4.79 Å². The molecule has 0 radical (unpaired) electrons. The van der Waals surface area contributed by atoms with Gasteiger partial charge in [-0.15, -0.1) is 12.6 Å². The Kier molecular flexibility index (Phi) is 1.66. The molecule has 2 N–H and O–H groups in total. The molecule has 0 unspecified atom stereocenters. The summed E-state index contributed by atoms with van der Waals surface area (Å²) in [5, 5.41) is 0. The highest BCUT2D eigenvalue weighted by Crippen LogP contribution is 2.25. The molecule has 0 aromatic heterocycles. The zero-order valence-electron chi connectivity index (χ0n) is 7.03. The van der Waals surface area contributed by atoms with Crippen LogP contribution in [0.4, 0.5) is 0 Å². The molecular formula is C9H8N2OS. The molecule has 1 aromatic carbocycles. The van der Waals surface area contributed by atoms with Crippen molar-refractivity contribution in [1.29, 1.82) is 0 Å². The zero-order valence-corrected chi connectivity index (χ0v) is 7.93. The third kappa shape index (κ3) is 1.14. The third-order valence-corrected chi connectivity index (χ3v) is 2.32. The van der Waals surface area contributed by atoms with Crippen LogP contribution in [0.5, 0.6) is 0 Å². The summed E-state index contributed by atoms with van der Waals surface area (Å²) in [5.74, 6) is -0.00324. The molecule has 0 saturated carbocycles. The van der Waals surface area contributed by atoms with E-state index >= 15 is 0 Å². The summed E-state index contributed by atoms with van der Waals surface area (Å²) in [6.07, 6.45) is 0. The number of aliphatic imine (C=N–C) groups is 1. The number of amidine groups is 1. The first-order chi connectivity index (χ1) is 6.09. The van der Waals surface area contributed by atoms with Gasteiger partial charge in [-0.2, -0.15) is 4.99 Å². The van der Waals surface area contributed by atoms with Crippen LogP contribution in [0.1, 0.15) is 21.5 Å². The Balaban J connectivity index is 2.77. The van der Waals surface area contributed by atoms with E-state index in [1.807, 2.05) is 13.0 Å². The van der Waals surface area contributed by atoms with E-state index in [1.54, 1.807) is 6.07 Å². The van der Waals surface area contributed by atoms with Crippen LogP contribution in [-0.4, -0.2) is 11.7 Å². The van der Waals surface area contributed by atoms with Crippen molar-refractivity contribution in [3.05, 3.63) is 28.8 Å². The maximum absolute atomic E-state index is 11.3. The topological polar surface area (TPSA) is 55.5 Å². The number of benzene rings is 1. The van der Waals surface area contributed by atoms with Crippen molar-refractivity contribution in [3.8, 4) is 0 Å². The van der Waals surface area contributed by atoms with Crippen molar-refractivity contribution in [2.75, 3.05) is 0 Å². The first-order valence-corrected chi connectivity index (χ1v) is 4.27. The van der Waals surface area contributed by atoms with Gasteiger partial charge in [0.1, 0.15) is 5.84 Å². The molecule has 0 aliphatic carbocycles. The van der Waals surface area contributed by atoms with Crippen LogP contribution < -0.4 is 5.73 Å². The van der Waals surface area contributed by atoms with Gasteiger partial charge in [-0.25, -0.2) is 0 Å². The zero-order chi connectivity index (χ0) is 9.59. The molecule has 1 amide bonds. The molecule has 2 rings (SSSR count). The Bertz CT molecular complexity index is 437. The highest BCUT2D eigenvalue weighted by Gasteiger charge is 2.23. The van der Waals surface area contributed by atoms with Gasteiger partial charge in [0.2, 0.25) is 0 Å². The van der Waals surface area contributed by atoms with E-state index in [2.05, 4.69) is 17.6 Å². The lowest BCUT2D eigenvalue weighted by Gasteiger charge is -2.03. The number of nitrogens with zero attached hydrogens (tertiary/aromatic N) is 1. The molecule has 0 fully saturated rings. The molecule has 66 valence electrons. The predicted molar refractivity (Wildman–Crippen MR) is 53.5 cm³/mol. The standard InChI is InChI=1S/C9H8N2OS/c1-4-2-5-7(6(13)3-4)8(10)11-9(5)12/h2-3,13H,1H3,(H2,10,11,12). The minimum atomic E-state index is -0.272. The number of amides is 1. The van der Waals surface area contributed by atoms with Gasteiger partial charge in [0.15, 0.2) is 0 Å². The average molecular weight is 192 g/mol. The largest absolute Gasteiger partial charge is 0.383 e. The van der Waals surface area contributed by atoms with Crippen LogP contribution in [0.2, 0.25) is 0 Å². The first kappa shape index (κ1) is 8.31. The van der Waals surface area contributed by atoms with E-state index < -0.39 is 0 Å². The third-order valence-electron chi connectivity index (χ3n) is 1.97. The van der Waals surface area contributed by atoms with E-state index in [-0.39, 0.29) is 11.7 Å².